The van der Waals surface area contributed by atoms with Gasteiger partial charge in [-0.05, 0) is 26.0 Å². The van der Waals surface area contributed by atoms with Crippen LogP contribution >= 0.6 is 11.8 Å². The van der Waals surface area contributed by atoms with Gasteiger partial charge in [0.15, 0.2) is 5.82 Å². The third-order valence-corrected chi connectivity index (χ3v) is 4.31. The second-order valence-electron chi connectivity index (χ2n) is 5.47. The van der Waals surface area contributed by atoms with E-state index < -0.39 is 0 Å². The van der Waals surface area contributed by atoms with Crippen LogP contribution in [0.15, 0.2) is 45.5 Å². The highest BCUT2D eigenvalue weighted by molar-refractivity contribution is 7.99. The van der Waals surface area contributed by atoms with Crippen LogP contribution in [-0.2, 0) is 10.5 Å². The monoisotopic (exact) mass is 358 g/mol. The normalized spacial score (nSPS) is 12.1. The number of carbonyl (C=O) groups is 1. The van der Waals surface area contributed by atoms with E-state index in [9.17, 15) is 4.79 Å². The largest absolute Gasteiger partial charge is 0.444 e. The Kier molecular flexibility index (Phi) is 5.49. The Labute approximate surface area is 149 Å². The standard InChI is InChI=1S/C17H18N4O3S/c1-11(16-19-12(2)21-24-16)18-15(22)10-25-9-14-8-23-17(20-14)13-6-4-3-5-7-13/h3-8,11H,9-10H2,1-2H3,(H,18,22). The number of aryl methyl sites for hydroxylation is 1. The molecule has 0 saturated heterocycles. The van der Waals surface area contributed by atoms with Crippen molar-refractivity contribution in [3.05, 3.63) is 54.0 Å². The summed E-state index contributed by atoms with van der Waals surface area (Å²) in [6.45, 7) is 3.54. The molecule has 0 aliphatic heterocycles. The SMILES string of the molecule is Cc1noc(C(C)NC(=O)CSCc2coc(-c3ccccc3)n2)n1. The number of thioether (sulfide) groups is 1. The van der Waals surface area contributed by atoms with Crippen LogP contribution in [0.25, 0.3) is 11.5 Å². The van der Waals surface area contributed by atoms with Crippen molar-refractivity contribution in [2.24, 2.45) is 0 Å². The molecule has 8 heteroatoms. The minimum atomic E-state index is -0.314. The number of benzene rings is 1. The van der Waals surface area contributed by atoms with Crippen molar-refractivity contribution in [3.8, 4) is 11.5 Å². The molecule has 0 saturated carbocycles. The highest BCUT2D eigenvalue weighted by Crippen LogP contribution is 2.20. The van der Waals surface area contributed by atoms with E-state index in [1.54, 1.807) is 20.1 Å². The van der Waals surface area contributed by atoms with E-state index >= 15 is 0 Å². The van der Waals surface area contributed by atoms with Crippen molar-refractivity contribution >= 4 is 17.7 Å². The summed E-state index contributed by atoms with van der Waals surface area (Å²) in [6, 6.07) is 9.38. The Balaban J connectivity index is 1.45. The third-order valence-electron chi connectivity index (χ3n) is 3.35. The van der Waals surface area contributed by atoms with Gasteiger partial charge in [-0.25, -0.2) is 4.98 Å². The number of carbonyl (C=O) groups excluding carboxylic acids is 1. The van der Waals surface area contributed by atoms with Gasteiger partial charge in [-0.15, -0.1) is 11.8 Å². The minimum Gasteiger partial charge on any atom is -0.444 e. The van der Waals surface area contributed by atoms with Gasteiger partial charge in [0.2, 0.25) is 17.7 Å². The predicted molar refractivity (Wildman–Crippen MR) is 93.7 cm³/mol. The van der Waals surface area contributed by atoms with Gasteiger partial charge in [0.25, 0.3) is 0 Å². The molecule has 2 heterocycles. The number of nitrogens with one attached hydrogen (secondary N) is 1. The number of aromatic nitrogens is 3. The summed E-state index contributed by atoms with van der Waals surface area (Å²) >= 11 is 1.46. The Morgan fingerprint density at radius 1 is 1.28 bits per heavy atom. The average Bonchev–Trinajstić information content (AvgIpc) is 3.25. The van der Waals surface area contributed by atoms with Gasteiger partial charge in [0, 0.05) is 11.3 Å². The summed E-state index contributed by atoms with van der Waals surface area (Å²) in [5.74, 6) is 2.34. The van der Waals surface area contributed by atoms with Crippen LogP contribution < -0.4 is 5.32 Å². The number of nitrogens with zero attached hydrogens (tertiary/aromatic N) is 3. The van der Waals surface area contributed by atoms with Crippen molar-refractivity contribution in [1.82, 2.24) is 20.4 Å². The smallest absolute Gasteiger partial charge is 0.248 e. The molecule has 0 spiro atoms. The number of amides is 1. The molecule has 130 valence electrons. The maximum Gasteiger partial charge on any atom is 0.248 e. The van der Waals surface area contributed by atoms with Gasteiger partial charge in [-0.3, -0.25) is 4.79 Å². The number of hydrogen-bond acceptors (Lipinski definition) is 7. The van der Waals surface area contributed by atoms with Crippen LogP contribution in [0.4, 0.5) is 0 Å². The van der Waals surface area contributed by atoms with Crippen LogP contribution in [0, 0.1) is 6.92 Å². The average molecular weight is 358 g/mol. The van der Waals surface area contributed by atoms with Crippen molar-refractivity contribution in [1.29, 1.82) is 0 Å². The van der Waals surface area contributed by atoms with Gasteiger partial charge in [-0.1, -0.05) is 23.4 Å². The van der Waals surface area contributed by atoms with Crippen molar-refractivity contribution in [2.75, 3.05) is 5.75 Å². The van der Waals surface area contributed by atoms with Gasteiger partial charge in [0.1, 0.15) is 12.3 Å². The fourth-order valence-electron chi connectivity index (χ4n) is 2.17. The Morgan fingerprint density at radius 2 is 2.08 bits per heavy atom. The summed E-state index contributed by atoms with van der Waals surface area (Å²) < 4.78 is 10.5. The molecule has 0 aliphatic carbocycles. The lowest BCUT2D eigenvalue weighted by Crippen LogP contribution is -2.28. The molecule has 0 fully saturated rings. The zero-order valence-electron chi connectivity index (χ0n) is 13.9. The van der Waals surface area contributed by atoms with Crippen LogP contribution in [0.1, 0.15) is 30.4 Å². The molecule has 0 aliphatic rings. The minimum absolute atomic E-state index is 0.0971. The maximum atomic E-state index is 12.0. The third kappa shape index (κ3) is 4.69. The van der Waals surface area contributed by atoms with E-state index in [2.05, 4.69) is 20.4 Å². The first-order valence-electron chi connectivity index (χ1n) is 7.79. The fraction of sp³-hybridized carbons (Fsp3) is 0.294. The Bertz CT molecular complexity index is 831. The number of oxazole rings is 1. The first-order chi connectivity index (χ1) is 12.1. The Morgan fingerprint density at radius 3 is 2.80 bits per heavy atom. The second kappa shape index (κ2) is 7.98. The van der Waals surface area contributed by atoms with Crippen molar-refractivity contribution in [3.63, 3.8) is 0 Å². The summed E-state index contributed by atoms with van der Waals surface area (Å²) in [7, 11) is 0. The number of rotatable bonds is 7. The molecule has 1 atom stereocenters. The molecule has 2 aromatic heterocycles. The molecule has 3 aromatic rings. The summed E-state index contributed by atoms with van der Waals surface area (Å²) in [6.07, 6.45) is 1.62. The quantitative estimate of drug-likeness (QED) is 0.693. The fourth-order valence-corrected chi connectivity index (χ4v) is 2.88. The zero-order valence-corrected chi connectivity index (χ0v) is 14.7. The molecular weight excluding hydrogens is 340 g/mol. The molecule has 0 radical (unpaired) electrons. The van der Waals surface area contributed by atoms with Gasteiger partial charge < -0.3 is 14.3 Å². The van der Waals surface area contributed by atoms with Crippen LogP contribution in [0.5, 0.6) is 0 Å². The molecule has 1 aromatic carbocycles. The number of hydrogen-bond donors (Lipinski definition) is 1. The molecule has 25 heavy (non-hydrogen) atoms. The highest BCUT2D eigenvalue weighted by atomic mass is 32.2. The topological polar surface area (TPSA) is 94.1 Å². The first-order valence-corrected chi connectivity index (χ1v) is 8.94. The summed E-state index contributed by atoms with van der Waals surface area (Å²) in [5, 5.41) is 6.54. The zero-order chi connectivity index (χ0) is 17.6. The molecule has 1 unspecified atom stereocenters. The van der Waals surface area contributed by atoms with Crippen molar-refractivity contribution < 1.29 is 13.7 Å². The molecule has 3 rings (SSSR count). The van der Waals surface area contributed by atoms with E-state index in [0.717, 1.165) is 11.3 Å². The van der Waals surface area contributed by atoms with E-state index in [-0.39, 0.29) is 11.9 Å². The molecule has 1 amide bonds. The summed E-state index contributed by atoms with van der Waals surface area (Å²) in [4.78, 5) is 20.5. The molecule has 1 N–H and O–H groups in total. The predicted octanol–water partition coefficient (Wildman–Crippen LogP) is 3.14. The van der Waals surface area contributed by atoms with E-state index in [1.807, 2.05) is 30.3 Å². The summed E-state index contributed by atoms with van der Waals surface area (Å²) in [5.41, 5.74) is 1.73. The first kappa shape index (κ1) is 17.2. The van der Waals surface area contributed by atoms with Gasteiger partial charge >= 0.3 is 0 Å². The second-order valence-corrected chi connectivity index (χ2v) is 6.46. The van der Waals surface area contributed by atoms with E-state index in [1.165, 1.54) is 11.8 Å². The maximum absolute atomic E-state index is 12.0. The van der Waals surface area contributed by atoms with Crippen molar-refractivity contribution in [2.45, 2.75) is 25.6 Å². The molecular formula is C17H18N4O3S. The highest BCUT2D eigenvalue weighted by Gasteiger charge is 2.15. The van der Waals surface area contributed by atoms with E-state index in [0.29, 0.717) is 29.1 Å². The molecule has 0 bridgehead atoms. The van der Waals surface area contributed by atoms with Crippen LogP contribution in [-0.4, -0.2) is 26.8 Å². The van der Waals surface area contributed by atoms with Gasteiger partial charge in [0.05, 0.1) is 11.4 Å². The van der Waals surface area contributed by atoms with Crippen LogP contribution in [0.3, 0.4) is 0 Å². The van der Waals surface area contributed by atoms with E-state index in [4.69, 9.17) is 8.94 Å². The Hall–Kier alpha value is -2.61. The molecule has 7 nitrogen and oxygen atoms in total. The van der Waals surface area contributed by atoms with Crippen LogP contribution in [0.2, 0.25) is 0 Å². The lowest BCUT2D eigenvalue weighted by molar-refractivity contribution is -0.119. The lowest BCUT2D eigenvalue weighted by Gasteiger charge is -2.08. The van der Waals surface area contributed by atoms with Gasteiger partial charge in [-0.2, -0.15) is 4.98 Å². The lowest BCUT2D eigenvalue weighted by atomic mass is 10.2.